The summed E-state index contributed by atoms with van der Waals surface area (Å²) in [6.45, 7) is 3.97. The van der Waals surface area contributed by atoms with Crippen LogP contribution in [0.5, 0.6) is 0 Å². The van der Waals surface area contributed by atoms with Crippen molar-refractivity contribution in [3.8, 4) is 0 Å². The molecule has 3 nitrogen and oxygen atoms in total. The van der Waals surface area contributed by atoms with Gasteiger partial charge in [0.25, 0.3) is 0 Å². The summed E-state index contributed by atoms with van der Waals surface area (Å²) < 4.78 is 32.6. The Morgan fingerprint density at radius 1 is 1.06 bits per heavy atom. The summed E-state index contributed by atoms with van der Waals surface area (Å²) in [7, 11) is -4.37. The van der Waals surface area contributed by atoms with Gasteiger partial charge >= 0.3 is 51.4 Å². The molecule has 0 bridgehead atoms. The van der Waals surface area contributed by atoms with E-state index in [1.165, 1.54) is 12.1 Å². The number of hydrogen-bond donors (Lipinski definition) is 0. The van der Waals surface area contributed by atoms with Gasteiger partial charge in [-0.25, -0.2) is 8.42 Å². The number of hydrogen-bond acceptors (Lipinski definition) is 3. The predicted octanol–water partition coefficient (Wildman–Crippen LogP) is -0.635. The van der Waals surface area contributed by atoms with E-state index in [0.717, 1.165) is 21.9 Å². The van der Waals surface area contributed by atoms with Crippen LogP contribution in [0.2, 0.25) is 0 Å². The number of aryl methyl sites for hydroxylation is 2. The van der Waals surface area contributed by atoms with Gasteiger partial charge in [-0.1, -0.05) is 18.2 Å². The second kappa shape index (κ2) is 5.48. The molecule has 0 unspecified atom stereocenters. The van der Waals surface area contributed by atoms with E-state index in [0.29, 0.717) is 0 Å². The Balaban J connectivity index is 0.00000144. The molecule has 84 valence electrons. The van der Waals surface area contributed by atoms with Crippen molar-refractivity contribution in [1.82, 2.24) is 0 Å². The van der Waals surface area contributed by atoms with Crippen molar-refractivity contribution in [3.63, 3.8) is 0 Å². The van der Waals surface area contributed by atoms with Crippen LogP contribution < -0.4 is 51.4 Å². The fourth-order valence-electron chi connectivity index (χ4n) is 1.73. The molecule has 0 N–H and O–H groups in total. The summed E-state index contributed by atoms with van der Waals surface area (Å²) in [4.78, 5) is -0.178. The molecule has 2 aromatic carbocycles. The average molecular weight is 274 g/mol. The smallest absolute Gasteiger partial charge is 0.744 e. The fraction of sp³-hybridized carbons (Fsp3) is 0.167. The molecule has 0 aliphatic carbocycles. The molecule has 0 saturated heterocycles. The summed E-state index contributed by atoms with van der Waals surface area (Å²) in [5.41, 5.74) is 2.25. The van der Waals surface area contributed by atoms with E-state index < -0.39 is 10.1 Å². The van der Waals surface area contributed by atoms with Gasteiger partial charge in [-0.05, 0) is 47.9 Å². The number of rotatable bonds is 1. The SMILES string of the molecule is Cc1ccc2cc(S(=O)(=O)[O-])ccc2c1C.[K+]. The Morgan fingerprint density at radius 3 is 2.29 bits per heavy atom. The fourth-order valence-corrected chi connectivity index (χ4v) is 2.23. The standard InChI is InChI=1S/C12H12O3S.K/c1-8-3-4-10-7-11(16(13,14)15)5-6-12(10)9(8)2;/h3-7H,1-2H3,(H,13,14,15);/q;+1/p-1. The van der Waals surface area contributed by atoms with Crippen molar-refractivity contribution in [3.05, 3.63) is 41.5 Å². The van der Waals surface area contributed by atoms with Crippen LogP contribution in [0, 0.1) is 13.8 Å². The molecule has 5 heteroatoms. The second-order valence-electron chi connectivity index (χ2n) is 3.84. The predicted molar refractivity (Wildman–Crippen MR) is 61.4 cm³/mol. The summed E-state index contributed by atoms with van der Waals surface area (Å²) in [6, 6.07) is 8.20. The molecular formula is C12H11KO3S. The molecule has 0 atom stereocenters. The first-order valence-electron chi connectivity index (χ1n) is 4.85. The van der Waals surface area contributed by atoms with Crippen LogP contribution in [0.15, 0.2) is 35.2 Å². The molecule has 0 aromatic heterocycles. The quantitative estimate of drug-likeness (QED) is 0.514. The van der Waals surface area contributed by atoms with Crippen LogP contribution in [-0.2, 0) is 10.1 Å². The van der Waals surface area contributed by atoms with Gasteiger partial charge < -0.3 is 4.55 Å². The topological polar surface area (TPSA) is 57.2 Å². The van der Waals surface area contributed by atoms with Crippen LogP contribution in [0.4, 0.5) is 0 Å². The zero-order valence-electron chi connectivity index (χ0n) is 10.0. The van der Waals surface area contributed by atoms with E-state index in [4.69, 9.17) is 0 Å². The van der Waals surface area contributed by atoms with E-state index in [1.54, 1.807) is 6.07 Å². The van der Waals surface area contributed by atoms with E-state index in [-0.39, 0.29) is 56.3 Å². The van der Waals surface area contributed by atoms with Crippen molar-refractivity contribution in [2.75, 3.05) is 0 Å². The third-order valence-corrected chi connectivity index (χ3v) is 3.65. The molecule has 17 heavy (non-hydrogen) atoms. The third-order valence-electron chi connectivity index (χ3n) is 2.82. The Morgan fingerprint density at radius 2 is 1.71 bits per heavy atom. The van der Waals surface area contributed by atoms with Crippen LogP contribution >= 0.6 is 0 Å². The molecule has 0 amide bonds. The van der Waals surface area contributed by atoms with Crippen LogP contribution in [0.25, 0.3) is 10.8 Å². The monoisotopic (exact) mass is 274 g/mol. The van der Waals surface area contributed by atoms with Crippen molar-refractivity contribution >= 4 is 20.9 Å². The Kier molecular flexibility index (Phi) is 4.94. The van der Waals surface area contributed by atoms with E-state index in [9.17, 15) is 13.0 Å². The minimum Gasteiger partial charge on any atom is -0.744 e. The normalized spacial score (nSPS) is 11.2. The van der Waals surface area contributed by atoms with Crippen LogP contribution in [-0.4, -0.2) is 13.0 Å². The minimum absolute atomic E-state index is 0. The van der Waals surface area contributed by atoms with E-state index in [1.807, 2.05) is 26.0 Å². The zero-order valence-corrected chi connectivity index (χ0v) is 14.0. The van der Waals surface area contributed by atoms with Crippen molar-refractivity contribution in [1.29, 1.82) is 0 Å². The summed E-state index contributed by atoms with van der Waals surface area (Å²) in [5.74, 6) is 0. The molecule has 0 spiro atoms. The van der Waals surface area contributed by atoms with Crippen LogP contribution in [0.3, 0.4) is 0 Å². The van der Waals surface area contributed by atoms with Gasteiger partial charge in [0, 0.05) is 0 Å². The van der Waals surface area contributed by atoms with Gasteiger partial charge in [0.15, 0.2) is 0 Å². The maximum absolute atomic E-state index is 10.9. The van der Waals surface area contributed by atoms with Gasteiger partial charge in [-0.2, -0.15) is 0 Å². The Bertz CT molecular complexity index is 663. The van der Waals surface area contributed by atoms with Gasteiger partial charge in [-0.3, -0.25) is 0 Å². The first-order valence-corrected chi connectivity index (χ1v) is 6.26. The maximum atomic E-state index is 10.9. The van der Waals surface area contributed by atoms with Gasteiger partial charge in [-0.15, -0.1) is 0 Å². The van der Waals surface area contributed by atoms with Crippen LogP contribution in [0.1, 0.15) is 11.1 Å². The second-order valence-corrected chi connectivity index (χ2v) is 5.22. The molecule has 0 aliphatic rings. The maximum Gasteiger partial charge on any atom is 1.00 e. The third kappa shape index (κ3) is 3.17. The van der Waals surface area contributed by atoms with Gasteiger partial charge in [0.05, 0.1) is 4.90 Å². The van der Waals surface area contributed by atoms with Crippen molar-refractivity contribution < 1.29 is 64.4 Å². The van der Waals surface area contributed by atoms with Gasteiger partial charge in [0.1, 0.15) is 10.1 Å². The van der Waals surface area contributed by atoms with E-state index >= 15 is 0 Å². The van der Waals surface area contributed by atoms with Crippen molar-refractivity contribution in [2.24, 2.45) is 0 Å². The Hall–Kier alpha value is 0.246. The molecule has 2 aromatic rings. The number of fused-ring (bicyclic) bond motifs is 1. The zero-order chi connectivity index (χ0) is 11.9. The summed E-state index contributed by atoms with van der Waals surface area (Å²) >= 11 is 0. The molecular weight excluding hydrogens is 263 g/mol. The molecule has 2 rings (SSSR count). The molecule has 0 heterocycles. The Labute approximate surface area is 143 Å². The number of benzene rings is 2. The van der Waals surface area contributed by atoms with E-state index in [2.05, 4.69) is 0 Å². The first kappa shape index (κ1) is 15.3. The average Bonchev–Trinajstić information content (AvgIpc) is 2.22. The molecule has 0 aliphatic heterocycles. The summed E-state index contributed by atoms with van der Waals surface area (Å²) in [6.07, 6.45) is 0. The van der Waals surface area contributed by atoms with Crippen molar-refractivity contribution in [2.45, 2.75) is 18.7 Å². The first-order chi connectivity index (χ1) is 7.39. The molecule has 0 radical (unpaired) electrons. The largest absolute Gasteiger partial charge is 1.00 e. The molecule has 0 saturated carbocycles. The minimum atomic E-state index is -4.37. The molecule has 0 fully saturated rings. The summed E-state index contributed by atoms with van der Waals surface area (Å²) in [5, 5.41) is 1.76. The van der Waals surface area contributed by atoms with Gasteiger partial charge in [0.2, 0.25) is 0 Å².